The van der Waals surface area contributed by atoms with Crippen LogP contribution in [0.4, 0.5) is 10.1 Å². The Bertz CT molecular complexity index is 559. The van der Waals surface area contributed by atoms with Crippen LogP contribution in [-0.2, 0) is 6.54 Å². The number of nitriles is 1. The molecule has 0 aliphatic carbocycles. The third-order valence-corrected chi connectivity index (χ3v) is 2.72. The average molecular weight is 259 g/mol. The van der Waals surface area contributed by atoms with Gasteiger partial charge in [0.1, 0.15) is 18.5 Å². The molecular weight excluding hydrogens is 245 g/mol. The molecule has 5 nitrogen and oxygen atoms in total. The molecule has 0 fully saturated rings. The first-order valence-corrected chi connectivity index (χ1v) is 6.05. The summed E-state index contributed by atoms with van der Waals surface area (Å²) in [7, 11) is 0. The highest BCUT2D eigenvalue weighted by atomic mass is 19.1. The molecule has 0 unspecified atom stereocenters. The van der Waals surface area contributed by atoms with Crippen molar-refractivity contribution >= 4 is 5.69 Å². The molecule has 0 aliphatic rings. The van der Waals surface area contributed by atoms with Crippen molar-refractivity contribution in [1.29, 1.82) is 5.26 Å². The van der Waals surface area contributed by atoms with Crippen LogP contribution in [0.3, 0.4) is 0 Å². The van der Waals surface area contributed by atoms with Crippen molar-refractivity contribution in [2.45, 2.75) is 19.4 Å². The number of benzene rings is 1. The molecule has 19 heavy (non-hydrogen) atoms. The molecule has 1 heterocycles. The van der Waals surface area contributed by atoms with Crippen molar-refractivity contribution in [3.8, 4) is 6.07 Å². The van der Waals surface area contributed by atoms with Crippen molar-refractivity contribution in [3.05, 3.63) is 42.2 Å². The maximum atomic E-state index is 13.5. The van der Waals surface area contributed by atoms with Gasteiger partial charge in [0.05, 0.1) is 17.3 Å². The SMILES string of the molecule is N#Cc1ccc(NCCCCn2cnnc2)c(F)c1. The smallest absolute Gasteiger partial charge is 0.147 e. The highest BCUT2D eigenvalue weighted by Crippen LogP contribution is 2.15. The lowest BCUT2D eigenvalue weighted by Crippen LogP contribution is -2.05. The van der Waals surface area contributed by atoms with E-state index in [1.165, 1.54) is 6.07 Å². The van der Waals surface area contributed by atoms with Gasteiger partial charge < -0.3 is 9.88 Å². The van der Waals surface area contributed by atoms with Crippen LogP contribution in [0.25, 0.3) is 0 Å². The summed E-state index contributed by atoms with van der Waals surface area (Å²) in [4.78, 5) is 0. The van der Waals surface area contributed by atoms with Gasteiger partial charge in [0, 0.05) is 13.1 Å². The highest BCUT2D eigenvalue weighted by molar-refractivity contribution is 5.48. The summed E-state index contributed by atoms with van der Waals surface area (Å²) in [6.45, 7) is 1.54. The Morgan fingerprint density at radius 1 is 1.26 bits per heavy atom. The third-order valence-electron chi connectivity index (χ3n) is 2.72. The van der Waals surface area contributed by atoms with E-state index >= 15 is 0 Å². The van der Waals surface area contributed by atoms with Crippen LogP contribution in [0, 0.1) is 17.1 Å². The fourth-order valence-electron chi connectivity index (χ4n) is 1.71. The Morgan fingerprint density at radius 3 is 2.74 bits per heavy atom. The van der Waals surface area contributed by atoms with Crippen molar-refractivity contribution in [3.63, 3.8) is 0 Å². The van der Waals surface area contributed by atoms with E-state index in [0.717, 1.165) is 19.4 Å². The number of aromatic nitrogens is 3. The number of nitrogens with zero attached hydrogens (tertiary/aromatic N) is 4. The van der Waals surface area contributed by atoms with Gasteiger partial charge in [-0.05, 0) is 31.0 Å². The number of hydrogen-bond acceptors (Lipinski definition) is 4. The van der Waals surface area contributed by atoms with E-state index in [-0.39, 0.29) is 0 Å². The number of unbranched alkanes of at least 4 members (excludes halogenated alkanes) is 1. The van der Waals surface area contributed by atoms with Gasteiger partial charge in [-0.2, -0.15) is 5.26 Å². The number of rotatable bonds is 6. The molecule has 0 aliphatic heterocycles. The van der Waals surface area contributed by atoms with Gasteiger partial charge in [-0.3, -0.25) is 0 Å². The van der Waals surface area contributed by atoms with Crippen LogP contribution in [0.5, 0.6) is 0 Å². The second-order valence-corrected chi connectivity index (χ2v) is 4.14. The largest absolute Gasteiger partial charge is 0.383 e. The minimum atomic E-state index is -0.391. The predicted molar refractivity (Wildman–Crippen MR) is 68.9 cm³/mol. The first-order valence-electron chi connectivity index (χ1n) is 6.05. The maximum absolute atomic E-state index is 13.5. The molecule has 0 atom stereocenters. The van der Waals surface area contributed by atoms with Gasteiger partial charge in [-0.15, -0.1) is 10.2 Å². The van der Waals surface area contributed by atoms with E-state index < -0.39 is 5.82 Å². The number of halogens is 1. The number of hydrogen-bond donors (Lipinski definition) is 1. The van der Waals surface area contributed by atoms with Crippen LogP contribution >= 0.6 is 0 Å². The summed E-state index contributed by atoms with van der Waals surface area (Å²) in [5.74, 6) is -0.391. The summed E-state index contributed by atoms with van der Waals surface area (Å²) in [6, 6.07) is 6.33. The van der Waals surface area contributed by atoms with Crippen molar-refractivity contribution in [2.24, 2.45) is 0 Å². The van der Waals surface area contributed by atoms with Gasteiger partial charge in [0.2, 0.25) is 0 Å². The van der Waals surface area contributed by atoms with Crippen molar-refractivity contribution < 1.29 is 4.39 Å². The predicted octanol–water partition coefficient (Wildman–Crippen LogP) is 2.18. The average Bonchev–Trinajstić information content (AvgIpc) is 2.93. The summed E-state index contributed by atoms with van der Waals surface area (Å²) in [5, 5.41) is 19.1. The molecule has 98 valence electrons. The van der Waals surface area contributed by atoms with E-state index in [4.69, 9.17) is 5.26 Å². The molecule has 0 amide bonds. The summed E-state index contributed by atoms with van der Waals surface area (Å²) >= 11 is 0. The number of anilines is 1. The van der Waals surface area contributed by atoms with E-state index in [2.05, 4.69) is 15.5 Å². The Hall–Kier alpha value is -2.42. The standard InChI is InChI=1S/C13H14FN5/c14-12-7-11(8-15)3-4-13(12)16-5-1-2-6-19-9-17-18-10-19/h3-4,7,9-10,16H,1-2,5-6H2. The zero-order valence-electron chi connectivity index (χ0n) is 10.4. The molecule has 2 aromatic rings. The molecule has 0 saturated carbocycles. The molecule has 2 rings (SSSR count). The van der Waals surface area contributed by atoms with Crippen LogP contribution < -0.4 is 5.32 Å². The molecule has 0 radical (unpaired) electrons. The second kappa shape index (κ2) is 6.50. The Kier molecular flexibility index (Phi) is 4.45. The lowest BCUT2D eigenvalue weighted by atomic mass is 10.2. The highest BCUT2D eigenvalue weighted by Gasteiger charge is 2.02. The minimum absolute atomic E-state index is 0.329. The summed E-state index contributed by atoms with van der Waals surface area (Å²) in [5.41, 5.74) is 0.763. The van der Waals surface area contributed by atoms with Gasteiger partial charge >= 0.3 is 0 Å². The topological polar surface area (TPSA) is 66.5 Å². The van der Waals surface area contributed by atoms with Gasteiger partial charge in [-0.1, -0.05) is 0 Å². The molecule has 0 spiro atoms. The lowest BCUT2D eigenvalue weighted by molar-refractivity contribution is 0.612. The minimum Gasteiger partial charge on any atom is -0.383 e. The van der Waals surface area contributed by atoms with Crippen LogP contribution in [0.15, 0.2) is 30.9 Å². The lowest BCUT2D eigenvalue weighted by Gasteiger charge is -2.07. The van der Waals surface area contributed by atoms with Gasteiger partial charge in [-0.25, -0.2) is 4.39 Å². The van der Waals surface area contributed by atoms with Crippen LogP contribution in [0.2, 0.25) is 0 Å². The van der Waals surface area contributed by atoms with Gasteiger partial charge in [0.25, 0.3) is 0 Å². The molecule has 0 saturated heterocycles. The monoisotopic (exact) mass is 259 g/mol. The first-order chi connectivity index (χ1) is 9.29. The first kappa shape index (κ1) is 13.0. The molecule has 1 aromatic carbocycles. The summed E-state index contributed by atoms with van der Waals surface area (Å²) in [6.07, 6.45) is 5.22. The van der Waals surface area contributed by atoms with E-state index in [9.17, 15) is 4.39 Å². The van der Waals surface area contributed by atoms with Crippen LogP contribution in [0.1, 0.15) is 18.4 Å². The normalized spacial score (nSPS) is 10.1. The third kappa shape index (κ3) is 3.78. The molecule has 0 bridgehead atoms. The van der Waals surface area contributed by atoms with Crippen molar-refractivity contribution in [2.75, 3.05) is 11.9 Å². The second-order valence-electron chi connectivity index (χ2n) is 4.14. The van der Waals surface area contributed by atoms with E-state index in [0.29, 0.717) is 17.8 Å². The number of nitrogens with one attached hydrogen (secondary N) is 1. The Morgan fingerprint density at radius 2 is 2.05 bits per heavy atom. The molecule has 1 aromatic heterocycles. The van der Waals surface area contributed by atoms with Gasteiger partial charge in [0.15, 0.2) is 0 Å². The van der Waals surface area contributed by atoms with E-state index in [1.807, 2.05) is 10.6 Å². The Balaban J connectivity index is 1.72. The van der Waals surface area contributed by atoms with Crippen LogP contribution in [-0.4, -0.2) is 21.3 Å². The quantitative estimate of drug-likeness (QED) is 0.807. The fourth-order valence-corrected chi connectivity index (χ4v) is 1.71. The molecular formula is C13H14FN5. The molecule has 1 N–H and O–H groups in total. The zero-order chi connectivity index (χ0) is 13.5. The Labute approximate surface area is 110 Å². The molecule has 6 heteroatoms. The maximum Gasteiger partial charge on any atom is 0.147 e. The fraction of sp³-hybridized carbons (Fsp3) is 0.308. The van der Waals surface area contributed by atoms with E-state index in [1.54, 1.807) is 24.8 Å². The van der Waals surface area contributed by atoms with Crippen molar-refractivity contribution in [1.82, 2.24) is 14.8 Å². The zero-order valence-corrected chi connectivity index (χ0v) is 10.4. The number of aryl methyl sites for hydroxylation is 1. The summed E-state index contributed by atoms with van der Waals surface area (Å²) < 4.78 is 15.4.